The fourth-order valence-corrected chi connectivity index (χ4v) is 11.5. The molecule has 2 N–H and O–H groups in total. The SMILES string of the molecule is CC/C=C\C/C=C\C/C=C\C/C=C\C/C=C\C/C=C\CCCCCCCCCCC(=O)NC(COP(=O)(O)OCC[N+](C)(C)C)C(/C=C/CCCCCCCCCCCC)OC(=O)CCCCCCCCCCCCCCCC/C=C\C/C=C\C/C=C\CCCCC. The van der Waals surface area contributed by atoms with E-state index in [1.165, 1.54) is 180 Å². The Kier molecular flexibility index (Phi) is 67.5. The number of likely N-dealkylation sites (N-methyl/N-ethyl adjacent to an activating group) is 1. The largest absolute Gasteiger partial charge is 0.472 e. The zero-order chi connectivity index (χ0) is 67.0. The molecule has 0 aromatic heterocycles. The maximum absolute atomic E-state index is 13.7. The highest BCUT2D eigenvalue weighted by atomic mass is 31.2. The van der Waals surface area contributed by atoms with Gasteiger partial charge in [-0.15, -0.1) is 0 Å². The van der Waals surface area contributed by atoms with Crippen LogP contribution in [0.25, 0.3) is 0 Å². The monoisotopic (exact) mass is 1300 g/mol. The lowest BCUT2D eigenvalue weighted by molar-refractivity contribution is -0.870. The maximum Gasteiger partial charge on any atom is 0.472 e. The molecule has 0 aliphatic heterocycles. The van der Waals surface area contributed by atoms with Gasteiger partial charge >= 0.3 is 13.8 Å². The van der Waals surface area contributed by atoms with Crippen LogP contribution < -0.4 is 5.32 Å². The second-order valence-electron chi connectivity index (χ2n) is 26.8. The minimum absolute atomic E-state index is 0.0336. The molecule has 0 aliphatic carbocycles. The molecule has 0 aliphatic rings. The van der Waals surface area contributed by atoms with Crippen LogP contribution in [0.5, 0.6) is 0 Å². The molecule has 0 fully saturated rings. The summed E-state index contributed by atoms with van der Waals surface area (Å²) in [7, 11) is 1.48. The molecule has 10 heteroatoms. The van der Waals surface area contributed by atoms with E-state index >= 15 is 0 Å². The van der Waals surface area contributed by atoms with E-state index in [0.717, 1.165) is 122 Å². The van der Waals surface area contributed by atoms with Crippen molar-refractivity contribution in [3.63, 3.8) is 0 Å². The Bertz CT molecular complexity index is 1990. The van der Waals surface area contributed by atoms with Gasteiger partial charge in [-0.25, -0.2) is 4.57 Å². The van der Waals surface area contributed by atoms with Gasteiger partial charge in [0.1, 0.15) is 19.3 Å². The molecule has 0 bridgehead atoms. The molecule has 92 heavy (non-hydrogen) atoms. The Hall–Kier alpha value is -3.59. The number of hydrogen-bond donors (Lipinski definition) is 2. The van der Waals surface area contributed by atoms with Crippen molar-refractivity contribution in [3.8, 4) is 0 Å². The number of nitrogens with zero attached hydrogens (tertiary/aromatic N) is 1. The van der Waals surface area contributed by atoms with Crippen LogP contribution in [-0.2, 0) is 27.9 Å². The predicted molar refractivity (Wildman–Crippen MR) is 401 cm³/mol. The van der Waals surface area contributed by atoms with Crippen molar-refractivity contribution < 1.29 is 37.3 Å². The number of hydrogen-bond acceptors (Lipinski definition) is 6. The molecule has 530 valence electrons. The number of esters is 1. The lowest BCUT2D eigenvalue weighted by Crippen LogP contribution is -2.47. The fraction of sp³-hybridized carbons (Fsp3) is 0.732. The summed E-state index contributed by atoms with van der Waals surface area (Å²) in [6, 6.07) is -0.862. The van der Waals surface area contributed by atoms with E-state index in [2.05, 4.69) is 135 Å². The molecule has 0 saturated carbocycles. The molecule has 0 aromatic rings. The highest BCUT2D eigenvalue weighted by Crippen LogP contribution is 2.43. The molecule has 0 radical (unpaired) electrons. The molecular weight excluding hydrogens is 1160 g/mol. The first-order chi connectivity index (χ1) is 44.9. The van der Waals surface area contributed by atoms with Gasteiger partial charge in [-0.2, -0.15) is 0 Å². The van der Waals surface area contributed by atoms with Crippen LogP contribution in [0.1, 0.15) is 335 Å². The standard InChI is InChI=1S/C82H145N2O7P/c1-7-10-13-16-19-22-25-28-30-32-34-36-38-40-42-44-46-48-50-52-54-56-59-62-65-68-71-74-81(85)83-79(78-90-92(87,88)89-77-76-84(4,5)6)80(73-70-67-64-61-58-27-24-21-18-15-12-9-3)91-82(86)75-72-69-66-63-60-57-55-53-51-49-47-45-43-41-39-37-35-33-31-29-26-23-20-17-14-11-8-2/h10,13,19-20,22-23,28-31,34-37,40,42,46,48,70,73,79-80H,7-9,11-12,14-18,21,24-27,32-33,38-39,41,43-45,47,49-69,71-72,74-78H2,1-6H3,(H-,83,85,87,88)/p+1/b13-10-,22-19-,23-20-,30-28-,31-29-,36-34-,37-35-,42-40-,48-46-,73-70+. The molecule has 0 spiro atoms. The third-order valence-electron chi connectivity index (χ3n) is 16.6. The molecule has 3 unspecified atom stereocenters. The number of allylic oxidation sites excluding steroid dienone is 19. The first kappa shape index (κ1) is 88.4. The Morgan fingerprint density at radius 2 is 0.696 bits per heavy atom. The number of nitrogens with one attached hydrogen (secondary N) is 1. The van der Waals surface area contributed by atoms with Crippen molar-refractivity contribution in [2.75, 3.05) is 40.9 Å². The quantitative estimate of drug-likeness (QED) is 0.0205. The van der Waals surface area contributed by atoms with Gasteiger partial charge < -0.3 is 19.4 Å². The average Bonchev–Trinajstić information content (AvgIpc) is 3.69. The van der Waals surface area contributed by atoms with E-state index in [0.29, 0.717) is 17.4 Å². The van der Waals surface area contributed by atoms with Gasteiger partial charge in [0.2, 0.25) is 5.91 Å². The number of carbonyl (C=O) groups is 2. The molecular formula is C82H146N2O7P+. The summed E-state index contributed by atoms with van der Waals surface area (Å²) in [5.74, 6) is -0.512. The van der Waals surface area contributed by atoms with Gasteiger partial charge in [-0.05, 0) is 122 Å². The van der Waals surface area contributed by atoms with Crippen molar-refractivity contribution in [1.29, 1.82) is 0 Å². The minimum atomic E-state index is -4.47. The number of phosphoric ester groups is 1. The van der Waals surface area contributed by atoms with Crippen LogP contribution >= 0.6 is 7.82 Å². The highest BCUT2D eigenvalue weighted by molar-refractivity contribution is 7.47. The summed E-state index contributed by atoms with van der Waals surface area (Å²) in [6.07, 6.45) is 99.3. The zero-order valence-electron chi connectivity index (χ0n) is 60.8. The van der Waals surface area contributed by atoms with Crippen LogP contribution in [0.15, 0.2) is 122 Å². The van der Waals surface area contributed by atoms with E-state index in [1.807, 2.05) is 33.3 Å². The van der Waals surface area contributed by atoms with Crippen LogP contribution in [0.4, 0.5) is 0 Å². The summed E-state index contributed by atoms with van der Waals surface area (Å²) in [5.41, 5.74) is 0. The number of amides is 1. The van der Waals surface area contributed by atoms with Crippen molar-refractivity contribution in [3.05, 3.63) is 122 Å². The van der Waals surface area contributed by atoms with E-state index in [4.69, 9.17) is 13.8 Å². The first-order valence-corrected chi connectivity index (χ1v) is 39.9. The van der Waals surface area contributed by atoms with Crippen molar-refractivity contribution >= 4 is 19.7 Å². The normalized spacial score (nSPS) is 14.1. The lowest BCUT2D eigenvalue weighted by atomic mass is 10.0. The highest BCUT2D eigenvalue weighted by Gasteiger charge is 2.30. The van der Waals surface area contributed by atoms with Crippen molar-refractivity contribution in [2.24, 2.45) is 0 Å². The molecule has 0 saturated heterocycles. The zero-order valence-corrected chi connectivity index (χ0v) is 61.7. The van der Waals surface area contributed by atoms with Crippen LogP contribution in [0.2, 0.25) is 0 Å². The summed E-state index contributed by atoms with van der Waals surface area (Å²) in [6.45, 7) is 6.89. The molecule has 0 aromatic carbocycles. The molecule has 3 atom stereocenters. The second kappa shape index (κ2) is 70.2. The Labute approximate surface area is 569 Å². The second-order valence-corrected chi connectivity index (χ2v) is 28.2. The lowest BCUT2D eigenvalue weighted by Gasteiger charge is -2.27. The van der Waals surface area contributed by atoms with Crippen LogP contribution in [-0.4, -0.2) is 74.3 Å². The van der Waals surface area contributed by atoms with E-state index in [-0.39, 0.29) is 31.5 Å². The van der Waals surface area contributed by atoms with Crippen molar-refractivity contribution in [2.45, 2.75) is 348 Å². The first-order valence-electron chi connectivity index (χ1n) is 38.4. The van der Waals surface area contributed by atoms with Gasteiger partial charge in [-0.3, -0.25) is 18.6 Å². The van der Waals surface area contributed by atoms with E-state index in [9.17, 15) is 19.0 Å². The molecule has 0 rings (SSSR count). The van der Waals surface area contributed by atoms with Crippen LogP contribution in [0, 0.1) is 0 Å². The van der Waals surface area contributed by atoms with Gasteiger partial charge in [0.25, 0.3) is 0 Å². The number of carbonyl (C=O) groups excluding carboxylic acids is 2. The Morgan fingerprint density at radius 3 is 1.07 bits per heavy atom. The number of phosphoric acid groups is 1. The maximum atomic E-state index is 13.7. The van der Waals surface area contributed by atoms with Gasteiger partial charge in [0.15, 0.2) is 0 Å². The predicted octanol–water partition coefficient (Wildman–Crippen LogP) is 25.0. The summed E-state index contributed by atoms with van der Waals surface area (Å²) < 4.78 is 30.9. The van der Waals surface area contributed by atoms with E-state index < -0.39 is 20.0 Å². The smallest absolute Gasteiger partial charge is 0.456 e. The van der Waals surface area contributed by atoms with Gasteiger partial charge in [-0.1, -0.05) is 322 Å². The Morgan fingerprint density at radius 1 is 0.391 bits per heavy atom. The third-order valence-corrected chi connectivity index (χ3v) is 17.6. The topological polar surface area (TPSA) is 111 Å². The Balaban J connectivity index is 5.00. The summed E-state index contributed by atoms with van der Waals surface area (Å²) >= 11 is 0. The van der Waals surface area contributed by atoms with E-state index in [1.54, 1.807) is 0 Å². The van der Waals surface area contributed by atoms with Crippen LogP contribution in [0.3, 0.4) is 0 Å². The molecule has 1 amide bonds. The summed E-state index contributed by atoms with van der Waals surface area (Å²) in [4.78, 5) is 38.0. The molecule has 9 nitrogen and oxygen atoms in total. The molecule has 0 heterocycles. The van der Waals surface area contributed by atoms with Gasteiger partial charge in [0.05, 0.1) is 33.8 Å². The number of unbranched alkanes of at least 4 members (excludes halogenated alkanes) is 35. The van der Waals surface area contributed by atoms with Crippen molar-refractivity contribution in [1.82, 2.24) is 5.32 Å². The minimum Gasteiger partial charge on any atom is -0.456 e. The third kappa shape index (κ3) is 70.7. The van der Waals surface area contributed by atoms with Gasteiger partial charge in [0, 0.05) is 12.8 Å². The number of quaternary nitrogens is 1. The number of rotatable bonds is 69. The average molecular weight is 1300 g/mol. The summed E-state index contributed by atoms with van der Waals surface area (Å²) in [5, 5.41) is 3.07. The number of ether oxygens (including phenoxy) is 1. The fourth-order valence-electron chi connectivity index (χ4n) is 10.8.